The van der Waals surface area contributed by atoms with Crippen LogP contribution in [0.5, 0.6) is 0 Å². The molecule has 43 heavy (non-hydrogen) atoms. The van der Waals surface area contributed by atoms with Crippen LogP contribution in [0.4, 0.5) is 5.69 Å². The lowest BCUT2D eigenvalue weighted by Crippen LogP contribution is -2.54. The summed E-state index contributed by atoms with van der Waals surface area (Å²) in [6, 6.07) is 13.9. The number of nitrogens with zero attached hydrogens (tertiary/aromatic N) is 1. The fourth-order valence-electron chi connectivity index (χ4n) is 8.90. The molecule has 0 spiro atoms. The molecule has 0 saturated heterocycles. The first kappa shape index (κ1) is 30.5. The van der Waals surface area contributed by atoms with Gasteiger partial charge in [-0.25, -0.2) is 8.42 Å². The number of amides is 1. The van der Waals surface area contributed by atoms with Crippen LogP contribution in [-0.2, 0) is 21.1 Å². The van der Waals surface area contributed by atoms with Gasteiger partial charge in [0.05, 0.1) is 10.9 Å². The summed E-state index contributed by atoms with van der Waals surface area (Å²) >= 11 is 0. The highest BCUT2D eigenvalue weighted by Gasteiger charge is 2.51. The molecule has 2 atom stereocenters. The van der Waals surface area contributed by atoms with Crippen LogP contribution in [0.2, 0.25) is 19.6 Å². The molecule has 1 heterocycles. The highest BCUT2D eigenvalue weighted by Crippen LogP contribution is 2.56. The van der Waals surface area contributed by atoms with Crippen LogP contribution in [0.3, 0.4) is 0 Å². The average Bonchev–Trinajstić information content (AvgIpc) is 2.92. The quantitative estimate of drug-likeness (QED) is 0.260. The van der Waals surface area contributed by atoms with Crippen molar-refractivity contribution in [2.24, 2.45) is 17.8 Å². The van der Waals surface area contributed by atoms with E-state index in [2.05, 4.69) is 67.6 Å². The van der Waals surface area contributed by atoms with Crippen LogP contribution in [0, 0.1) is 29.2 Å². The number of hydrogen-bond donors (Lipinski definition) is 1. The van der Waals surface area contributed by atoms with E-state index in [0.717, 1.165) is 59.4 Å². The SMILES string of the molecule is CCCC[C@H]1Cc2cc(S(C)(=O)=O)ccc2[C@H](c2ccc(NC34CC5CC(CC(C5)C3)C4)cc2)N1C(=O)C#C[Si](C)(C)C. The van der Waals surface area contributed by atoms with Crippen molar-refractivity contribution in [2.75, 3.05) is 11.6 Å². The number of rotatable bonds is 7. The molecule has 230 valence electrons. The Bertz CT molecular complexity index is 1510. The fraction of sp³-hybridized carbons (Fsp3) is 0.583. The standard InChI is InChI=1S/C36H48N2O3SSi/c1-6-7-8-31-20-29-21-32(42(2,40)41)13-14-33(29)35(38(31)34(39)15-16-43(3,4)5)28-9-11-30(12-10-28)37-36-22-25-17-26(23-36)19-27(18-25)24-36/h9-14,21,25-27,31,35,37H,6-8,17-20,22-24H2,1-5H3/t25?,26?,27?,31-,35-,36?/m0/s1. The first-order valence-electron chi connectivity index (χ1n) is 16.4. The molecule has 2 aromatic carbocycles. The lowest BCUT2D eigenvalue weighted by Gasteiger charge is -2.57. The van der Waals surface area contributed by atoms with E-state index in [1.807, 2.05) is 17.0 Å². The molecular formula is C36H48N2O3SSi. The van der Waals surface area contributed by atoms with E-state index >= 15 is 0 Å². The van der Waals surface area contributed by atoms with Gasteiger partial charge >= 0.3 is 0 Å². The molecule has 1 N–H and O–H groups in total. The van der Waals surface area contributed by atoms with Gasteiger partial charge in [-0.3, -0.25) is 4.79 Å². The van der Waals surface area contributed by atoms with Crippen LogP contribution < -0.4 is 5.32 Å². The van der Waals surface area contributed by atoms with Gasteiger partial charge in [-0.15, -0.1) is 5.54 Å². The zero-order valence-electron chi connectivity index (χ0n) is 26.6. The monoisotopic (exact) mass is 616 g/mol. The third-order valence-corrected chi connectivity index (χ3v) is 12.3. The molecule has 1 amide bonds. The Morgan fingerprint density at radius 2 is 1.63 bits per heavy atom. The van der Waals surface area contributed by atoms with Crippen LogP contribution in [0.15, 0.2) is 47.4 Å². The Hall–Kier alpha value is -2.56. The minimum absolute atomic E-state index is 0.0412. The molecule has 7 rings (SSSR count). The van der Waals surface area contributed by atoms with Crippen LogP contribution in [-0.4, -0.2) is 45.1 Å². The maximum absolute atomic E-state index is 14.0. The topological polar surface area (TPSA) is 66.5 Å². The smallest absolute Gasteiger partial charge is 0.298 e. The number of fused-ring (bicyclic) bond motifs is 1. The summed E-state index contributed by atoms with van der Waals surface area (Å²) < 4.78 is 25.0. The first-order chi connectivity index (χ1) is 20.3. The van der Waals surface area contributed by atoms with Gasteiger partial charge < -0.3 is 10.2 Å². The third-order valence-electron chi connectivity index (χ3n) is 10.3. The Kier molecular flexibility index (Phi) is 8.09. The summed E-state index contributed by atoms with van der Waals surface area (Å²) in [6.45, 7) is 8.65. The summed E-state index contributed by atoms with van der Waals surface area (Å²) in [5, 5.41) is 4.00. The largest absolute Gasteiger partial charge is 0.380 e. The fourth-order valence-corrected chi connectivity index (χ4v) is 10.1. The second kappa shape index (κ2) is 11.4. The van der Waals surface area contributed by atoms with Gasteiger partial charge in [-0.1, -0.05) is 57.6 Å². The van der Waals surface area contributed by atoms with Gasteiger partial charge in [-0.05, 0) is 116 Å². The van der Waals surface area contributed by atoms with Crippen molar-refractivity contribution < 1.29 is 13.2 Å². The predicted octanol–water partition coefficient (Wildman–Crippen LogP) is 7.38. The minimum atomic E-state index is -3.34. The maximum Gasteiger partial charge on any atom is 0.298 e. The molecule has 4 saturated carbocycles. The second-order valence-electron chi connectivity index (χ2n) is 15.2. The molecule has 2 aromatic rings. The number of benzene rings is 2. The van der Waals surface area contributed by atoms with Gasteiger partial charge in [-0.2, -0.15) is 0 Å². The van der Waals surface area contributed by atoms with Crippen LogP contribution >= 0.6 is 0 Å². The third kappa shape index (κ3) is 6.47. The summed E-state index contributed by atoms with van der Waals surface area (Å²) in [5.74, 6) is 5.57. The number of nitrogens with one attached hydrogen (secondary N) is 1. The number of anilines is 1. The van der Waals surface area contributed by atoms with Gasteiger partial charge in [0.15, 0.2) is 9.84 Å². The zero-order chi connectivity index (χ0) is 30.6. The van der Waals surface area contributed by atoms with E-state index in [1.54, 1.807) is 6.07 Å². The van der Waals surface area contributed by atoms with E-state index in [1.165, 1.54) is 44.8 Å². The second-order valence-corrected chi connectivity index (χ2v) is 22.0. The molecule has 4 aliphatic carbocycles. The van der Waals surface area contributed by atoms with Crippen molar-refractivity contribution in [3.8, 4) is 11.5 Å². The molecule has 1 aliphatic heterocycles. The highest BCUT2D eigenvalue weighted by atomic mass is 32.2. The predicted molar refractivity (Wildman–Crippen MR) is 177 cm³/mol. The number of carbonyl (C=O) groups excluding carboxylic acids is 1. The minimum Gasteiger partial charge on any atom is -0.380 e. The number of sulfone groups is 1. The Morgan fingerprint density at radius 1 is 1.00 bits per heavy atom. The Labute approximate surface area is 260 Å². The average molecular weight is 617 g/mol. The Morgan fingerprint density at radius 3 is 2.19 bits per heavy atom. The summed E-state index contributed by atoms with van der Waals surface area (Å²) in [5.41, 5.74) is 7.78. The lowest BCUT2D eigenvalue weighted by atomic mass is 9.53. The molecular weight excluding hydrogens is 569 g/mol. The van der Waals surface area contributed by atoms with Crippen molar-refractivity contribution in [1.29, 1.82) is 0 Å². The van der Waals surface area contributed by atoms with E-state index in [9.17, 15) is 13.2 Å². The van der Waals surface area contributed by atoms with Gasteiger partial charge in [0.2, 0.25) is 0 Å². The van der Waals surface area contributed by atoms with E-state index in [4.69, 9.17) is 0 Å². The maximum atomic E-state index is 14.0. The van der Waals surface area contributed by atoms with E-state index < -0.39 is 17.9 Å². The number of unbranched alkanes of at least 4 members (excludes halogenated alkanes) is 1. The number of hydrogen-bond acceptors (Lipinski definition) is 4. The normalized spacial score (nSPS) is 29.5. The van der Waals surface area contributed by atoms with Crippen molar-refractivity contribution >= 4 is 29.5 Å². The first-order valence-corrected chi connectivity index (χ1v) is 21.8. The van der Waals surface area contributed by atoms with Gasteiger partial charge in [0.1, 0.15) is 8.07 Å². The van der Waals surface area contributed by atoms with Crippen LogP contribution in [0.25, 0.3) is 0 Å². The van der Waals surface area contributed by atoms with Crippen molar-refractivity contribution in [1.82, 2.24) is 4.90 Å². The number of carbonyl (C=O) groups is 1. The van der Waals surface area contributed by atoms with Gasteiger partial charge in [0, 0.05) is 23.5 Å². The molecule has 0 unspecified atom stereocenters. The van der Waals surface area contributed by atoms with Crippen molar-refractivity contribution in [3.05, 3.63) is 59.2 Å². The molecule has 7 heteroatoms. The lowest BCUT2D eigenvalue weighted by molar-refractivity contribution is -0.130. The van der Waals surface area contributed by atoms with E-state index in [-0.39, 0.29) is 23.5 Å². The molecule has 5 aliphatic rings. The van der Waals surface area contributed by atoms with Crippen molar-refractivity contribution in [3.63, 3.8) is 0 Å². The molecule has 0 radical (unpaired) electrons. The van der Waals surface area contributed by atoms with Gasteiger partial charge in [0.25, 0.3) is 5.91 Å². The highest BCUT2D eigenvalue weighted by molar-refractivity contribution is 7.90. The molecule has 4 fully saturated rings. The van der Waals surface area contributed by atoms with Crippen LogP contribution in [0.1, 0.15) is 87.4 Å². The Balaban J connectivity index is 1.37. The molecule has 4 bridgehead atoms. The zero-order valence-corrected chi connectivity index (χ0v) is 28.4. The van der Waals surface area contributed by atoms with Crippen molar-refractivity contribution in [2.45, 2.75) is 113 Å². The summed E-state index contributed by atoms with van der Waals surface area (Å²) in [6.07, 6.45) is 12.9. The molecule has 5 nitrogen and oxygen atoms in total. The molecule has 0 aromatic heterocycles. The van der Waals surface area contributed by atoms with E-state index in [0.29, 0.717) is 11.3 Å². The summed E-state index contributed by atoms with van der Waals surface area (Å²) in [7, 11) is -5.10. The summed E-state index contributed by atoms with van der Waals surface area (Å²) in [4.78, 5) is 16.3.